The molecular weight excluding hydrogens is 210 g/mol. The fraction of sp³-hybridized carbons (Fsp3) is 0.909. The van der Waals surface area contributed by atoms with Crippen molar-refractivity contribution in [3.63, 3.8) is 0 Å². The minimum atomic E-state index is -0.384. The highest BCUT2D eigenvalue weighted by molar-refractivity contribution is 7.98. The molecule has 1 rings (SSSR count). The van der Waals surface area contributed by atoms with E-state index in [2.05, 4.69) is 6.26 Å². The van der Waals surface area contributed by atoms with E-state index in [-0.39, 0.29) is 11.4 Å². The van der Waals surface area contributed by atoms with E-state index in [0.717, 1.165) is 31.4 Å². The number of hydrogen-bond acceptors (Lipinski definition) is 4. The lowest BCUT2D eigenvalue weighted by molar-refractivity contribution is -0.154. The van der Waals surface area contributed by atoms with E-state index in [9.17, 15) is 4.79 Å². The molecule has 0 aliphatic heterocycles. The van der Waals surface area contributed by atoms with Crippen molar-refractivity contribution in [1.82, 2.24) is 0 Å². The second kappa shape index (κ2) is 5.75. The molecule has 0 aromatic rings. The number of carbonyl (C=O) groups excluding carboxylic acids is 1. The summed E-state index contributed by atoms with van der Waals surface area (Å²) in [6.07, 6.45) is 6.27. The Morgan fingerprint density at radius 1 is 1.60 bits per heavy atom. The van der Waals surface area contributed by atoms with Crippen LogP contribution < -0.4 is 5.73 Å². The van der Waals surface area contributed by atoms with Gasteiger partial charge >= 0.3 is 5.97 Å². The number of esters is 1. The molecule has 88 valence electrons. The first kappa shape index (κ1) is 12.8. The second-order valence-electron chi connectivity index (χ2n) is 4.22. The Labute approximate surface area is 96.1 Å². The first-order valence-corrected chi connectivity index (χ1v) is 6.88. The van der Waals surface area contributed by atoms with E-state index >= 15 is 0 Å². The number of rotatable bonds is 7. The molecule has 1 fully saturated rings. The van der Waals surface area contributed by atoms with Gasteiger partial charge in [-0.1, -0.05) is 0 Å². The number of nitrogens with two attached hydrogens (primary N) is 1. The first-order chi connectivity index (χ1) is 7.21. The Hall–Kier alpha value is -0.220. The van der Waals surface area contributed by atoms with Crippen LogP contribution in [0.2, 0.25) is 0 Å². The van der Waals surface area contributed by atoms with Crippen molar-refractivity contribution in [2.75, 3.05) is 25.7 Å². The number of ether oxygens (including phenoxy) is 1. The largest absolute Gasteiger partial charge is 0.469 e. The quantitative estimate of drug-likeness (QED) is 0.535. The van der Waals surface area contributed by atoms with Crippen LogP contribution in [0.3, 0.4) is 0 Å². The molecule has 0 saturated heterocycles. The number of hydrogen-bond donors (Lipinski definition) is 1. The van der Waals surface area contributed by atoms with Crippen molar-refractivity contribution in [2.45, 2.75) is 25.7 Å². The molecule has 1 saturated carbocycles. The van der Waals surface area contributed by atoms with Gasteiger partial charge in [-0.2, -0.15) is 11.8 Å². The van der Waals surface area contributed by atoms with E-state index in [1.165, 1.54) is 7.11 Å². The summed E-state index contributed by atoms with van der Waals surface area (Å²) in [6, 6.07) is 0. The summed E-state index contributed by atoms with van der Waals surface area (Å²) in [6.45, 7) is 0.429. The number of methoxy groups -OCH3 is 1. The molecule has 2 N–H and O–H groups in total. The smallest absolute Gasteiger partial charge is 0.313 e. The molecule has 1 aliphatic carbocycles. The van der Waals surface area contributed by atoms with Crippen molar-refractivity contribution in [2.24, 2.45) is 17.1 Å². The standard InChI is InChI=1S/C11H21NO2S/c1-14-10(13)11(8-12,9-4-5-9)6-3-7-15-2/h9H,3-8,12H2,1-2H3. The maximum atomic E-state index is 11.8. The maximum absolute atomic E-state index is 11.8. The second-order valence-corrected chi connectivity index (χ2v) is 5.21. The third kappa shape index (κ3) is 2.88. The third-order valence-corrected chi connectivity index (χ3v) is 3.98. The molecule has 1 unspecified atom stereocenters. The van der Waals surface area contributed by atoms with Gasteiger partial charge in [0.2, 0.25) is 0 Å². The maximum Gasteiger partial charge on any atom is 0.313 e. The third-order valence-electron chi connectivity index (χ3n) is 3.29. The van der Waals surface area contributed by atoms with Crippen LogP contribution in [0.15, 0.2) is 0 Å². The summed E-state index contributed by atoms with van der Waals surface area (Å²) >= 11 is 1.81. The van der Waals surface area contributed by atoms with Crippen LogP contribution in [0.25, 0.3) is 0 Å². The highest BCUT2D eigenvalue weighted by Gasteiger charge is 2.50. The summed E-state index contributed by atoms with van der Waals surface area (Å²) in [7, 11) is 1.46. The molecule has 0 heterocycles. The van der Waals surface area contributed by atoms with Gasteiger partial charge in [-0.05, 0) is 43.6 Å². The summed E-state index contributed by atoms with van der Waals surface area (Å²) in [5.41, 5.74) is 5.42. The fourth-order valence-corrected chi connectivity index (χ4v) is 2.63. The number of carbonyl (C=O) groups is 1. The minimum Gasteiger partial charge on any atom is -0.469 e. The topological polar surface area (TPSA) is 52.3 Å². The Morgan fingerprint density at radius 3 is 2.67 bits per heavy atom. The zero-order valence-corrected chi connectivity index (χ0v) is 10.4. The molecule has 15 heavy (non-hydrogen) atoms. The van der Waals surface area contributed by atoms with Gasteiger partial charge in [-0.25, -0.2) is 0 Å². The summed E-state index contributed by atoms with van der Waals surface area (Å²) in [5.74, 6) is 1.45. The van der Waals surface area contributed by atoms with Gasteiger partial charge in [0.05, 0.1) is 12.5 Å². The summed E-state index contributed by atoms with van der Waals surface area (Å²) in [5, 5.41) is 0. The van der Waals surface area contributed by atoms with E-state index in [1.807, 2.05) is 11.8 Å². The molecule has 3 nitrogen and oxygen atoms in total. The summed E-state index contributed by atoms with van der Waals surface area (Å²) < 4.78 is 4.91. The summed E-state index contributed by atoms with van der Waals surface area (Å²) in [4.78, 5) is 11.8. The molecule has 0 amide bonds. The van der Waals surface area contributed by atoms with Crippen molar-refractivity contribution in [1.29, 1.82) is 0 Å². The molecular formula is C11H21NO2S. The fourth-order valence-electron chi connectivity index (χ4n) is 2.20. The Bertz CT molecular complexity index is 219. The van der Waals surface area contributed by atoms with Gasteiger partial charge in [-0.15, -0.1) is 0 Å². The van der Waals surface area contributed by atoms with Crippen molar-refractivity contribution in [3.05, 3.63) is 0 Å². The Balaban J connectivity index is 2.61. The normalized spacial score (nSPS) is 19.7. The van der Waals surface area contributed by atoms with E-state index in [1.54, 1.807) is 0 Å². The first-order valence-electron chi connectivity index (χ1n) is 5.48. The van der Waals surface area contributed by atoms with Gasteiger partial charge in [0, 0.05) is 6.54 Å². The highest BCUT2D eigenvalue weighted by atomic mass is 32.2. The molecule has 0 aromatic heterocycles. The molecule has 1 atom stereocenters. The average Bonchev–Trinajstić information content (AvgIpc) is 3.08. The van der Waals surface area contributed by atoms with E-state index in [4.69, 9.17) is 10.5 Å². The lowest BCUT2D eigenvalue weighted by Gasteiger charge is -2.29. The lowest BCUT2D eigenvalue weighted by Crippen LogP contribution is -2.41. The molecule has 4 heteroatoms. The number of thioether (sulfide) groups is 1. The van der Waals surface area contributed by atoms with Crippen LogP contribution in [0, 0.1) is 11.3 Å². The van der Waals surface area contributed by atoms with Crippen molar-refractivity contribution < 1.29 is 9.53 Å². The van der Waals surface area contributed by atoms with Gasteiger partial charge < -0.3 is 10.5 Å². The SMILES string of the molecule is COC(=O)C(CN)(CCCSC)C1CC1. The molecule has 0 radical (unpaired) electrons. The van der Waals surface area contributed by atoms with Crippen LogP contribution in [-0.2, 0) is 9.53 Å². The molecule has 0 bridgehead atoms. The van der Waals surface area contributed by atoms with Crippen LogP contribution >= 0.6 is 11.8 Å². The predicted molar refractivity (Wildman–Crippen MR) is 63.8 cm³/mol. The van der Waals surface area contributed by atoms with E-state index in [0.29, 0.717) is 12.5 Å². The zero-order valence-electron chi connectivity index (χ0n) is 9.62. The van der Waals surface area contributed by atoms with Gasteiger partial charge in [0.25, 0.3) is 0 Å². The van der Waals surface area contributed by atoms with Crippen LogP contribution in [0.4, 0.5) is 0 Å². The lowest BCUT2D eigenvalue weighted by atomic mass is 9.78. The molecule has 1 aliphatic rings. The zero-order chi connectivity index (χ0) is 11.3. The van der Waals surface area contributed by atoms with Crippen molar-refractivity contribution in [3.8, 4) is 0 Å². The monoisotopic (exact) mass is 231 g/mol. The van der Waals surface area contributed by atoms with Crippen molar-refractivity contribution >= 4 is 17.7 Å². The highest BCUT2D eigenvalue weighted by Crippen LogP contribution is 2.48. The van der Waals surface area contributed by atoms with Gasteiger partial charge in [-0.3, -0.25) is 4.79 Å². The van der Waals surface area contributed by atoms with Crippen LogP contribution in [-0.4, -0.2) is 31.6 Å². The average molecular weight is 231 g/mol. The van der Waals surface area contributed by atoms with Gasteiger partial charge in [0.1, 0.15) is 0 Å². The van der Waals surface area contributed by atoms with Crippen LogP contribution in [0.5, 0.6) is 0 Å². The van der Waals surface area contributed by atoms with Crippen LogP contribution in [0.1, 0.15) is 25.7 Å². The minimum absolute atomic E-state index is 0.103. The molecule has 0 aromatic carbocycles. The Morgan fingerprint density at radius 2 is 2.27 bits per heavy atom. The predicted octanol–water partition coefficient (Wildman–Crippen LogP) is 1.66. The molecule has 0 spiro atoms. The Kier molecular flexibility index (Phi) is 4.93. The van der Waals surface area contributed by atoms with Gasteiger partial charge in [0.15, 0.2) is 0 Å². The van der Waals surface area contributed by atoms with E-state index < -0.39 is 0 Å².